The summed E-state index contributed by atoms with van der Waals surface area (Å²) in [5, 5.41) is 3.98. The molecule has 0 fully saturated rings. The molecule has 0 spiro atoms. The maximum absolute atomic E-state index is 15.6. The predicted octanol–water partition coefficient (Wildman–Crippen LogP) is 6.46. The van der Waals surface area contributed by atoms with Crippen LogP contribution in [0.15, 0.2) is 89.8 Å². The topological polar surface area (TPSA) is 88.2 Å². The minimum absolute atomic E-state index is 0.0548. The third-order valence-corrected chi connectivity index (χ3v) is 7.57. The summed E-state index contributed by atoms with van der Waals surface area (Å²) in [6.07, 6.45) is 3.29. The zero-order valence-electron chi connectivity index (χ0n) is 21.3. The van der Waals surface area contributed by atoms with E-state index < -0.39 is 33.1 Å². The normalized spacial score (nSPS) is 12.8. The number of anilines is 1. The number of fused-ring (bicyclic) bond motifs is 1. The molecule has 6 nitrogen and oxygen atoms in total. The summed E-state index contributed by atoms with van der Waals surface area (Å²) in [6.45, 7) is 6.55. The minimum Gasteiger partial charge on any atom is -0.317 e. The van der Waals surface area contributed by atoms with E-state index in [9.17, 15) is 13.2 Å². The average Bonchev–Trinajstić information content (AvgIpc) is 2.87. The third-order valence-electron chi connectivity index (χ3n) is 5.76. The number of hydrogen-bond donors (Lipinski definition) is 2. The van der Waals surface area contributed by atoms with Crippen LogP contribution in [0.4, 0.5) is 14.5 Å². The second-order valence-electron chi connectivity index (χ2n) is 9.85. The van der Waals surface area contributed by atoms with Crippen molar-refractivity contribution in [3.8, 4) is 11.1 Å². The number of halogens is 2. The second-order valence-corrected chi connectivity index (χ2v) is 11.5. The molecule has 0 bridgehead atoms. The number of rotatable bonds is 6. The minimum atomic E-state index is -4.00. The lowest BCUT2D eigenvalue weighted by Gasteiger charge is -2.22. The molecule has 1 aromatic heterocycles. The van der Waals surface area contributed by atoms with Gasteiger partial charge in [-0.2, -0.15) is 0 Å². The Hall–Kier alpha value is -3.95. The van der Waals surface area contributed by atoms with Crippen molar-refractivity contribution in [2.75, 3.05) is 5.32 Å². The number of carbonyl (C=O) groups is 1. The maximum Gasteiger partial charge on any atom is 0.284 e. The zero-order valence-corrected chi connectivity index (χ0v) is 22.2. The molecular formula is C29H27F2N3O3S. The first kappa shape index (κ1) is 27.1. The molecule has 0 saturated carbocycles. The Morgan fingerprint density at radius 1 is 0.921 bits per heavy atom. The van der Waals surface area contributed by atoms with Gasteiger partial charge in [-0.05, 0) is 68.5 Å². The van der Waals surface area contributed by atoms with Crippen molar-refractivity contribution in [3.05, 3.63) is 96.3 Å². The van der Waals surface area contributed by atoms with Gasteiger partial charge in [0.25, 0.3) is 5.91 Å². The fourth-order valence-corrected chi connectivity index (χ4v) is 5.65. The van der Waals surface area contributed by atoms with Crippen LogP contribution in [0.25, 0.3) is 27.5 Å². The lowest BCUT2D eigenvalue weighted by molar-refractivity contribution is -0.114. The van der Waals surface area contributed by atoms with Crippen LogP contribution < -0.4 is 10.0 Å². The van der Waals surface area contributed by atoms with Crippen molar-refractivity contribution in [2.45, 2.75) is 38.1 Å². The Morgan fingerprint density at radius 2 is 1.63 bits per heavy atom. The van der Waals surface area contributed by atoms with Crippen molar-refractivity contribution in [3.63, 3.8) is 0 Å². The quantitative estimate of drug-likeness (QED) is 0.278. The highest BCUT2D eigenvalue weighted by atomic mass is 32.2. The molecule has 0 aliphatic heterocycles. The van der Waals surface area contributed by atoms with Gasteiger partial charge >= 0.3 is 0 Å². The number of nitrogens with zero attached hydrogens (tertiary/aromatic N) is 1. The summed E-state index contributed by atoms with van der Waals surface area (Å²) in [5.74, 6) is -3.09. The molecule has 1 amide bonds. The van der Waals surface area contributed by atoms with Crippen LogP contribution in [0.3, 0.4) is 0 Å². The summed E-state index contributed by atoms with van der Waals surface area (Å²) < 4.78 is 59.4. The van der Waals surface area contributed by atoms with E-state index in [0.717, 1.165) is 10.8 Å². The van der Waals surface area contributed by atoms with E-state index in [4.69, 9.17) is 0 Å². The molecule has 0 atom stereocenters. The molecule has 0 aliphatic rings. The van der Waals surface area contributed by atoms with E-state index >= 15 is 8.78 Å². The molecular weight excluding hydrogens is 508 g/mol. The molecule has 4 aromatic rings. The highest BCUT2D eigenvalue weighted by Crippen LogP contribution is 2.33. The Bertz CT molecular complexity index is 1680. The monoisotopic (exact) mass is 535 g/mol. The van der Waals surface area contributed by atoms with Gasteiger partial charge in [-0.3, -0.25) is 9.78 Å². The number of pyridine rings is 1. The number of aromatic nitrogens is 1. The van der Waals surface area contributed by atoms with Gasteiger partial charge in [-0.15, -0.1) is 0 Å². The van der Waals surface area contributed by atoms with Gasteiger partial charge in [0.1, 0.15) is 0 Å². The van der Waals surface area contributed by atoms with E-state index in [1.807, 2.05) is 6.07 Å². The van der Waals surface area contributed by atoms with Crippen LogP contribution in [-0.2, 0) is 14.8 Å². The summed E-state index contributed by atoms with van der Waals surface area (Å²) in [5.41, 5.74) is -0.430. The number of carbonyl (C=O) groups excluding carboxylic acids is 1. The summed E-state index contributed by atoms with van der Waals surface area (Å²) in [4.78, 5) is 16.7. The van der Waals surface area contributed by atoms with Crippen LogP contribution >= 0.6 is 0 Å². The zero-order chi connectivity index (χ0) is 27.7. The van der Waals surface area contributed by atoms with Gasteiger partial charge in [-0.25, -0.2) is 21.9 Å². The first-order chi connectivity index (χ1) is 17.9. The molecule has 0 aliphatic carbocycles. The summed E-state index contributed by atoms with van der Waals surface area (Å²) in [7, 11) is -4.00. The smallest absolute Gasteiger partial charge is 0.284 e. The number of amides is 1. The Morgan fingerprint density at radius 3 is 2.37 bits per heavy atom. The van der Waals surface area contributed by atoms with Crippen LogP contribution in [0.5, 0.6) is 0 Å². The van der Waals surface area contributed by atoms with Crippen LogP contribution in [0.2, 0.25) is 0 Å². The van der Waals surface area contributed by atoms with Gasteiger partial charge in [0.15, 0.2) is 11.6 Å². The number of nitrogens with one attached hydrogen (secondary N) is 2. The molecule has 0 unspecified atom stereocenters. The first-order valence-electron chi connectivity index (χ1n) is 11.8. The lowest BCUT2D eigenvalue weighted by atomic mass is 10.0. The molecule has 9 heteroatoms. The Kier molecular flexibility index (Phi) is 7.44. The number of hydrogen-bond acceptors (Lipinski definition) is 4. The summed E-state index contributed by atoms with van der Waals surface area (Å²) in [6, 6.07) is 17.1. The van der Waals surface area contributed by atoms with Crippen LogP contribution in [0.1, 0.15) is 33.3 Å². The van der Waals surface area contributed by atoms with Gasteiger partial charge in [-0.1, -0.05) is 42.5 Å². The molecule has 1 heterocycles. The molecule has 2 N–H and O–H groups in total. The molecule has 196 valence electrons. The van der Waals surface area contributed by atoms with Gasteiger partial charge in [0.2, 0.25) is 10.0 Å². The van der Waals surface area contributed by atoms with Crippen LogP contribution in [-0.4, -0.2) is 24.8 Å². The molecule has 4 rings (SSSR count). The fourth-order valence-electron chi connectivity index (χ4n) is 4.01. The van der Waals surface area contributed by atoms with Gasteiger partial charge in [0.05, 0.1) is 10.6 Å². The Labute approximate surface area is 220 Å². The van der Waals surface area contributed by atoms with Crippen molar-refractivity contribution < 1.29 is 22.0 Å². The first-order valence-corrected chi connectivity index (χ1v) is 13.3. The largest absolute Gasteiger partial charge is 0.317 e. The summed E-state index contributed by atoms with van der Waals surface area (Å²) >= 11 is 0. The average molecular weight is 536 g/mol. The van der Waals surface area contributed by atoms with E-state index in [1.54, 1.807) is 57.4 Å². The van der Waals surface area contributed by atoms with Gasteiger partial charge < -0.3 is 5.32 Å². The second kappa shape index (κ2) is 10.4. The van der Waals surface area contributed by atoms with Crippen molar-refractivity contribution in [1.29, 1.82) is 0 Å². The van der Waals surface area contributed by atoms with E-state index in [2.05, 4.69) is 15.0 Å². The van der Waals surface area contributed by atoms with Crippen LogP contribution in [0, 0.1) is 5.82 Å². The van der Waals surface area contributed by atoms with Crippen molar-refractivity contribution >= 4 is 38.0 Å². The molecule has 38 heavy (non-hydrogen) atoms. The molecule has 0 radical (unpaired) electrons. The fraction of sp³-hybridized carbons (Fsp3) is 0.172. The third kappa shape index (κ3) is 5.79. The Balaban J connectivity index is 1.67. The lowest BCUT2D eigenvalue weighted by Crippen LogP contribution is -2.40. The number of sulfonamides is 1. The standard InChI is InChI=1S/C29H27F2N3O3S/c1-18(20-13-12-19-14-15-32-17-21(19)16-20)26(30)28(35)33-24-10-7-9-23(27(24)31)22-8-5-6-11-25(22)38(36,37)34-29(2,3)4/h5-17,34H,1-4H3,(H,33,35)/b26-18+. The van der Waals surface area contributed by atoms with Gasteiger partial charge in [0, 0.05) is 34.4 Å². The maximum atomic E-state index is 15.6. The molecule has 3 aromatic carbocycles. The number of benzene rings is 3. The molecule has 0 saturated heterocycles. The van der Waals surface area contributed by atoms with E-state index in [-0.39, 0.29) is 27.3 Å². The predicted molar refractivity (Wildman–Crippen MR) is 146 cm³/mol. The van der Waals surface area contributed by atoms with Crippen molar-refractivity contribution in [2.24, 2.45) is 0 Å². The highest BCUT2D eigenvalue weighted by Gasteiger charge is 2.26. The van der Waals surface area contributed by atoms with Crippen molar-refractivity contribution in [1.82, 2.24) is 9.71 Å². The SMILES string of the molecule is C/C(=C(\F)C(=O)Nc1cccc(-c2ccccc2S(=O)(=O)NC(C)(C)C)c1F)c1ccc2ccncc2c1. The highest BCUT2D eigenvalue weighted by molar-refractivity contribution is 7.89. The van der Waals surface area contributed by atoms with E-state index in [1.165, 1.54) is 43.3 Å². The number of allylic oxidation sites excluding steroid dienone is 1. The van der Waals surface area contributed by atoms with E-state index in [0.29, 0.717) is 5.56 Å².